The van der Waals surface area contributed by atoms with Crippen LogP contribution in [0, 0.1) is 0 Å². The van der Waals surface area contributed by atoms with Gasteiger partial charge in [-0.05, 0) is 39.7 Å². The van der Waals surface area contributed by atoms with Gasteiger partial charge in [-0.15, -0.1) is 0 Å². The van der Waals surface area contributed by atoms with Gasteiger partial charge in [0.25, 0.3) is 0 Å². The second-order valence-corrected chi connectivity index (χ2v) is 5.83. The summed E-state index contributed by atoms with van der Waals surface area (Å²) in [7, 11) is 1.79. The average Bonchev–Trinajstić information content (AvgIpc) is 2.82. The zero-order valence-corrected chi connectivity index (χ0v) is 12.0. The highest BCUT2D eigenvalue weighted by molar-refractivity contribution is 4.86. The van der Waals surface area contributed by atoms with Crippen molar-refractivity contribution in [3.8, 4) is 0 Å². The summed E-state index contributed by atoms with van der Waals surface area (Å²) in [6.07, 6.45) is 6.47. The van der Waals surface area contributed by atoms with E-state index in [4.69, 9.17) is 10.5 Å². The van der Waals surface area contributed by atoms with Crippen molar-refractivity contribution in [1.29, 1.82) is 0 Å². The molecule has 0 aromatic carbocycles. The van der Waals surface area contributed by atoms with E-state index in [-0.39, 0.29) is 5.60 Å². The molecule has 0 spiro atoms. The van der Waals surface area contributed by atoms with Gasteiger partial charge >= 0.3 is 0 Å². The molecule has 0 aliphatic heterocycles. The first-order valence-electron chi connectivity index (χ1n) is 7.05. The van der Waals surface area contributed by atoms with Crippen LogP contribution in [0.15, 0.2) is 0 Å². The Morgan fingerprint density at radius 2 is 1.94 bits per heavy atom. The number of hydrogen-bond acceptors (Lipinski definition) is 3. The summed E-state index contributed by atoms with van der Waals surface area (Å²) >= 11 is 0. The lowest BCUT2D eigenvalue weighted by molar-refractivity contribution is -0.0130. The van der Waals surface area contributed by atoms with Crippen LogP contribution in [0.5, 0.6) is 0 Å². The van der Waals surface area contributed by atoms with E-state index in [1.165, 1.54) is 25.7 Å². The smallest absolute Gasteiger partial charge is 0.0638 e. The molecule has 0 amide bonds. The van der Waals surface area contributed by atoms with Gasteiger partial charge in [-0.25, -0.2) is 0 Å². The van der Waals surface area contributed by atoms with Crippen molar-refractivity contribution in [2.24, 2.45) is 5.73 Å². The van der Waals surface area contributed by atoms with Gasteiger partial charge in [0.05, 0.1) is 5.60 Å². The van der Waals surface area contributed by atoms with Gasteiger partial charge in [-0.1, -0.05) is 19.8 Å². The van der Waals surface area contributed by atoms with E-state index in [0.717, 1.165) is 25.6 Å². The Balaban J connectivity index is 2.62. The highest BCUT2D eigenvalue weighted by Crippen LogP contribution is 2.27. The van der Waals surface area contributed by atoms with Crippen LogP contribution in [0.25, 0.3) is 0 Å². The summed E-state index contributed by atoms with van der Waals surface area (Å²) in [6.45, 7) is 8.39. The molecule has 1 aliphatic rings. The van der Waals surface area contributed by atoms with Gasteiger partial charge in [-0.3, -0.25) is 4.90 Å². The number of likely N-dealkylation sites (N-methyl/N-ethyl adjacent to an activating group) is 1. The Morgan fingerprint density at radius 1 is 1.35 bits per heavy atom. The van der Waals surface area contributed by atoms with Crippen LogP contribution in [0.1, 0.15) is 52.9 Å². The van der Waals surface area contributed by atoms with E-state index in [1.807, 2.05) is 0 Å². The van der Waals surface area contributed by atoms with E-state index in [2.05, 4.69) is 25.7 Å². The molecule has 1 fully saturated rings. The van der Waals surface area contributed by atoms with Crippen LogP contribution in [0.2, 0.25) is 0 Å². The second kappa shape index (κ2) is 6.72. The number of nitrogens with zero attached hydrogens (tertiary/aromatic N) is 1. The largest absolute Gasteiger partial charge is 0.379 e. The zero-order valence-electron chi connectivity index (χ0n) is 12.0. The molecule has 0 aromatic heterocycles. The molecule has 0 saturated heterocycles. The standard InChI is InChI=1S/C14H30N2O/c1-5-16(12-8-6-7-9-12)13(11-15)10-14(2,3)17-4/h12-13H,5-11,15H2,1-4H3. The maximum atomic E-state index is 5.98. The molecular formula is C14H30N2O. The molecule has 1 rings (SSSR count). The maximum absolute atomic E-state index is 5.98. The third-order valence-electron chi connectivity index (χ3n) is 4.18. The van der Waals surface area contributed by atoms with Crippen molar-refractivity contribution >= 4 is 0 Å². The summed E-state index contributed by atoms with van der Waals surface area (Å²) < 4.78 is 5.55. The number of ether oxygens (including phenoxy) is 1. The molecule has 1 unspecified atom stereocenters. The molecule has 2 N–H and O–H groups in total. The van der Waals surface area contributed by atoms with Gasteiger partial charge in [0.2, 0.25) is 0 Å². The minimum absolute atomic E-state index is 0.0734. The van der Waals surface area contributed by atoms with Crippen molar-refractivity contribution in [2.45, 2.75) is 70.6 Å². The van der Waals surface area contributed by atoms with Crippen LogP contribution < -0.4 is 5.73 Å². The molecule has 17 heavy (non-hydrogen) atoms. The molecule has 1 atom stereocenters. The molecule has 0 aromatic rings. The van der Waals surface area contributed by atoms with E-state index in [9.17, 15) is 0 Å². The fraction of sp³-hybridized carbons (Fsp3) is 1.00. The number of hydrogen-bond donors (Lipinski definition) is 1. The average molecular weight is 242 g/mol. The molecule has 0 radical (unpaired) electrons. The van der Waals surface area contributed by atoms with Gasteiger partial charge in [0.15, 0.2) is 0 Å². The molecule has 0 bridgehead atoms. The summed E-state index contributed by atoms with van der Waals surface area (Å²) in [4.78, 5) is 2.60. The Morgan fingerprint density at radius 3 is 2.35 bits per heavy atom. The lowest BCUT2D eigenvalue weighted by atomic mass is 9.96. The summed E-state index contributed by atoms with van der Waals surface area (Å²) in [6, 6.07) is 1.21. The van der Waals surface area contributed by atoms with Crippen LogP contribution in [-0.2, 0) is 4.74 Å². The summed E-state index contributed by atoms with van der Waals surface area (Å²) in [5, 5.41) is 0. The molecule has 102 valence electrons. The first kappa shape index (κ1) is 14.9. The third-order valence-corrected chi connectivity index (χ3v) is 4.18. The van der Waals surface area contributed by atoms with Crippen molar-refractivity contribution in [3.63, 3.8) is 0 Å². The molecule has 3 heteroatoms. The van der Waals surface area contributed by atoms with Gasteiger partial charge in [-0.2, -0.15) is 0 Å². The highest BCUT2D eigenvalue weighted by atomic mass is 16.5. The maximum Gasteiger partial charge on any atom is 0.0638 e. The normalized spacial score (nSPS) is 20.1. The number of methoxy groups -OCH3 is 1. The van der Waals surface area contributed by atoms with Gasteiger partial charge in [0.1, 0.15) is 0 Å². The fourth-order valence-corrected chi connectivity index (χ4v) is 3.04. The second-order valence-electron chi connectivity index (χ2n) is 5.83. The molecular weight excluding hydrogens is 212 g/mol. The van der Waals surface area contributed by atoms with Crippen LogP contribution >= 0.6 is 0 Å². The van der Waals surface area contributed by atoms with Gasteiger partial charge in [0, 0.05) is 25.7 Å². The van der Waals surface area contributed by atoms with E-state index >= 15 is 0 Å². The predicted molar refractivity (Wildman–Crippen MR) is 73.2 cm³/mol. The molecule has 1 saturated carbocycles. The summed E-state index contributed by atoms with van der Waals surface area (Å²) in [5.74, 6) is 0. The monoisotopic (exact) mass is 242 g/mol. The highest BCUT2D eigenvalue weighted by Gasteiger charge is 2.30. The van der Waals surface area contributed by atoms with E-state index in [1.54, 1.807) is 7.11 Å². The van der Waals surface area contributed by atoms with Crippen LogP contribution in [-0.4, -0.2) is 42.8 Å². The Kier molecular flexibility index (Phi) is 5.90. The minimum Gasteiger partial charge on any atom is -0.379 e. The van der Waals surface area contributed by atoms with Gasteiger partial charge < -0.3 is 10.5 Å². The summed E-state index contributed by atoms with van der Waals surface area (Å²) in [5.41, 5.74) is 5.91. The van der Waals surface area contributed by atoms with Crippen molar-refractivity contribution in [3.05, 3.63) is 0 Å². The first-order valence-corrected chi connectivity index (χ1v) is 7.05. The Bertz CT molecular complexity index is 212. The first-order chi connectivity index (χ1) is 8.04. The Hall–Kier alpha value is -0.120. The topological polar surface area (TPSA) is 38.5 Å². The molecule has 0 heterocycles. The van der Waals surface area contributed by atoms with Crippen molar-refractivity contribution < 1.29 is 4.74 Å². The third kappa shape index (κ3) is 4.23. The van der Waals surface area contributed by atoms with E-state index in [0.29, 0.717) is 6.04 Å². The van der Waals surface area contributed by atoms with Crippen LogP contribution in [0.3, 0.4) is 0 Å². The number of rotatable bonds is 7. The fourth-order valence-electron chi connectivity index (χ4n) is 3.04. The molecule has 1 aliphatic carbocycles. The van der Waals surface area contributed by atoms with Crippen LogP contribution in [0.4, 0.5) is 0 Å². The lowest BCUT2D eigenvalue weighted by Crippen LogP contribution is -2.49. The van der Waals surface area contributed by atoms with E-state index < -0.39 is 0 Å². The van der Waals surface area contributed by atoms with Crippen molar-refractivity contribution in [2.75, 3.05) is 20.2 Å². The predicted octanol–water partition coefficient (Wildman–Crippen LogP) is 2.39. The van der Waals surface area contributed by atoms with Crippen molar-refractivity contribution in [1.82, 2.24) is 4.90 Å². The number of nitrogens with two attached hydrogens (primary N) is 1. The Labute approximate surface area is 107 Å². The zero-order chi connectivity index (χ0) is 12.9. The molecule has 3 nitrogen and oxygen atoms in total. The quantitative estimate of drug-likeness (QED) is 0.745. The SMILES string of the molecule is CCN(C1CCCC1)C(CN)CC(C)(C)OC. The lowest BCUT2D eigenvalue weighted by Gasteiger charge is -2.38. The minimum atomic E-state index is -0.0734.